The number of hydrogen-bond acceptors (Lipinski definition) is 4. The first-order chi connectivity index (χ1) is 11.1. The van der Waals surface area contributed by atoms with E-state index >= 15 is 0 Å². The van der Waals surface area contributed by atoms with Crippen LogP contribution in [0.15, 0.2) is 24.3 Å². The number of urea groups is 1. The van der Waals surface area contributed by atoms with Crippen LogP contribution in [0.1, 0.15) is 26.3 Å². The Morgan fingerprint density at radius 3 is 2.25 bits per heavy atom. The zero-order valence-electron chi connectivity index (χ0n) is 15.0. The van der Waals surface area contributed by atoms with Gasteiger partial charge in [0.15, 0.2) is 0 Å². The van der Waals surface area contributed by atoms with Crippen LogP contribution in [-0.4, -0.2) is 59.8 Å². The monoisotopic (exact) mass is 337 g/mol. The van der Waals surface area contributed by atoms with Crippen LogP contribution in [0.25, 0.3) is 0 Å². The largest absolute Gasteiger partial charge is 0.508 e. The van der Waals surface area contributed by atoms with Crippen LogP contribution in [-0.2, 0) is 11.3 Å². The van der Waals surface area contributed by atoms with E-state index in [0.29, 0.717) is 19.6 Å². The minimum Gasteiger partial charge on any atom is -0.508 e. The second-order valence-electron chi connectivity index (χ2n) is 6.66. The first kappa shape index (κ1) is 19.6. The fraction of sp³-hybridized carbons (Fsp3) is 0.529. The van der Waals surface area contributed by atoms with Gasteiger partial charge in [0, 0.05) is 33.7 Å². The highest BCUT2D eigenvalue weighted by Crippen LogP contribution is 2.11. The van der Waals surface area contributed by atoms with Crippen molar-refractivity contribution in [1.82, 2.24) is 15.1 Å². The van der Waals surface area contributed by atoms with Gasteiger partial charge in [-0.25, -0.2) is 9.59 Å². The number of amides is 3. The van der Waals surface area contributed by atoms with Crippen molar-refractivity contribution in [3.8, 4) is 5.75 Å². The van der Waals surface area contributed by atoms with Gasteiger partial charge in [-0.05, 0) is 38.5 Å². The van der Waals surface area contributed by atoms with E-state index in [-0.39, 0.29) is 11.8 Å². The third-order valence-electron chi connectivity index (χ3n) is 3.13. The number of carbonyl (C=O) groups excluding carboxylic acids is 2. The third-order valence-corrected chi connectivity index (χ3v) is 3.13. The average Bonchev–Trinajstić information content (AvgIpc) is 2.47. The van der Waals surface area contributed by atoms with Crippen LogP contribution in [0.4, 0.5) is 9.59 Å². The van der Waals surface area contributed by atoms with Crippen LogP contribution < -0.4 is 5.32 Å². The highest BCUT2D eigenvalue weighted by molar-refractivity contribution is 5.74. The molecule has 0 spiro atoms. The summed E-state index contributed by atoms with van der Waals surface area (Å²) >= 11 is 0. The fourth-order valence-electron chi connectivity index (χ4n) is 1.84. The lowest BCUT2D eigenvalue weighted by Gasteiger charge is -2.25. The lowest BCUT2D eigenvalue weighted by Crippen LogP contribution is -2.42. The molecule has 0 atom stereocenters. The Labute approximate surface area is 143 Å². The molecule has 0 fully saturated rings. The zero-order chi connectivity index (χ0) is 18.3. The predicted molar refractivity (Wildman–Crippen MR) is 91.8 cm³/mol. The maximum Gasteiger partial charge on any atom is 0.410 e. The van der Waals surface area contributed by atoms with Crippen LogP contribution in [0.3, 0.4) is 0 Å². The molecule has 1 aromatic carbocycles. The van der Waals surface area contributed by atoms with Gasteiger partial charge < -0.3 is 25.0 Å². The number of nitrogens with one attached hydrogen (secondary N) is 1. The highest BCUT2D eigenvalue weighted by atomic mass is 16.6. The lowest BCUT2D eigenvalue weighted by molar-refractivity contribution is 0.0300. The van der Waals surface area contributed by atoms with Crippen molar-refractivity contribution in [3.63, 3.8) is 0 Å². The summed E-state index contributed by atoms with van der Waals surface area (Å²) in [4.78, 5) is 26.8. The van der Waals surface area contributed by atoms with Crippen molar-refractivity contribution >= 4 is 12.1 Å². The van der Waals surface area contributed by atoms with E-state index in [1.54, 1.807) is 59.1 Å². The number of phenolic OH excluding ortho intramolecular Hbond substituents is 1. The van der Waals surface area contributed by atoms with Crippen LogP contribution >= 0.6 is 0 Å². The normalized spacial score (nSPS) is 10.9. The molecule has 3 amide bonds. The molecule has 0 bridgehead atoms. The van der Waals surface area contributed by atoms with E-state index in [1.165, 1.54) is 9.80 Å². The number of ether oxygens (including phenoxy) is 1. The number of phenols is 1. The molecular formula is C17H27N3O4. The van der Waals surface area contributed by atoms with Gasteiger partial charge >= 0.3 is 12.1 Å². The first-order valence-corrected chi connectivity index (χ1v) is 7.79. The standard InChI is InChI=1S/C17H27N3O4/c1-17(2,3)24-16(23)19(4)11-10-18-15(22)20(5)12-13-6-8-14(21)9-7-13/h6-9,21H,10-12H2,1-5H3,(H,18,22). The maximum absolute atomic E-state index is 12.0. The van der Waals surface area contributed by atoms with Crippen molar-refractivity contribution < 1.29 is 19.4 Å². The summed E-state index contributed by atoms with van der Waals surface area (Å²) in [5, 5.41) is 12.0. The summed E-state index contributed by atoms with van der Waals surface area (Å²) in [6, 6.07) is 6.44. The average molecular weight is 337 g/mol. The Bertz CT molecular complexity index is 552. The zero-order valence-corrected chi connectivity index (χ0v) is 15.0. The van der Waals surface area contributed by atoms with Crippen molar-refractivity contribution in [1.29, 1.82) is 0 Å². The topological polar surface area (TPSA) is 82.1 Å². The van der Waals surface area contributed by atoms with Crippen LogP contribution in [0.2, 0.25) is 0 Å². The predicted octanol–water partition coefficient (Wildman–Crippen LogP) is 2.40. The fourth-order valence-corrected chi connectivity index (χ4v) is 1.84. The highest BCUT2D eigenvalue weighted by Gasteiger charge is 2.19. The molecule has 0 aliphatic rings. The lowest BCUT2D eigenvalue weighted by atomic mass is 10.2. The molecule has 0 heterocycles. The van der Waals surface area contributed by atoms with E-state index in [1.807, 2.05) is 0 Å². The van der Waals surface area contributed by atoms with Gasteiger partial charge in [-0.15, -0.1) is 0 Å². The van der Waals surface area contributed by atoms with Gasteiger partial charge in [-0.2, -0.15) is 0 Å². The second kappa shape index (κ2) is 8.42. The molecule has 24 heavy (non-hydrogen) atoms. The Balaban J connectivity index is 2.34. The van der Waals surface area contributed by atoms with E-state index in [9.17, 15) is 14.7 Å². The Hall–Kier alpha value is -2.44. The third kappa shape index (κ3) is 7.21. The van der Waals surface area contributed by atoms with Crippen molar-refractivity contribution in [3.05, 3.63) is 29.8 Å². The molecule has 7 nitrogen and oxygen atoms in total. The summed E-state index contributed by atoms with van der Waals surface area (Å²) in [6.07, 6.45) is -0.422. The molecule has 1 rings (SSSR count). The Morgan fingerprint density at radius 2 is 1.71 bits per heavy atom. The summed E-state index contributed by atoms with van der Waals surface area (Å²) < 4.78 is 5.24. The second-order valence-corrected chi connectivity index (χ2v) is 6.66. The molecule has 134 valence electrons. The van der Waals surface area contributed by atoms with E-state index in [2.05, 4.69) is 5.32 Å². The summed E-state index contributed by atoms with van der Waals surface area (Å²) in [5.74, 6) is 0.191. The number of aromatic hydroxyl groups is 1. The minimum absolute atomic E-state index is 0.191. The summed E-state index contributed by atoms with van der Waals surface area (Å²) in [6.45, 7) is 6.52. The Kier molecular flexibility index (Phi) is 6.88. The number of nitrogens with zero attached hydrogens (tertiary/aromatic N) is 2. The molecule has 0 aliphatic heterocycles. The molecule has 1 aromatic rings. The van der Waals surface area contributed by atoms with E-state index in [0.717, 1.165) is 5.56 Å². The summed E-state index contributed by atoms with van der Waals surface area (Å²) in [7, 11) is 3.31. The van der Waals surface area contributed by atoms with Gasteiger partial charge in [0.2, 0.25) is 0 Å². The van der Waals surface area contributed by atoms with Crippen molar-refractivity contribution in [2.45, 2.75) is 32.9 Å². The quantitative estimate of drug-likeness (QED) is 0.864. The number of benzene rings is 1. The molecule has 0 unspecified atom stereocenters. The molecule has 0 aliphatic carbocycles. The van der Waals surface area contributed by atoms with Crippen molar-refractivity contribution in [2.75, 3.05) is 27.2 Å². The number of likely N-dealkylation sites (N-methyl/N-ethyl adjacent to an activating group) is 1. The first-order valence-electron chi connectivity index (χ1n) is 7.79. The number of rotatable bonds is 5. The maximum atomic E-state index is 12.0. The molecule has 0 aromatic heterocycles. The van der Waals surface area contributed by atoms with Gasteiger partial charge in [0.1, 0.15) is 11.4 Å². The molecule has 0 radical (unpaired) electrons. The Morgan fingerprint density at radius 1 is 1.12 bits per heavy atom. The number of hydrogen-bond donors (Lipinski definition) is 2. The van der Waals surface area contributed by atoms with Gasteiger partial charge in [-0.1, -0.05) is 12.1 Å². The summed E-state index contributed by atoms with van der Waals surface area (Å²) in [5.41, 5.74) is 0.371. The van der Waals surface area contributed by atoms with Gasteiger partial charge in [0.05, 0.1) is 0 Å². The van der Waals surface area contributed by atoms with E-state index < -0.39 is 11.7 Å². The molecule has 7 heteroatoms. The smallest absolute Gasteiger partial charge is 0.410 e. The SMILES string of the molecule is CN(Cc1ccc(O)cc1)C(=O)NCCN(C)C(=O)OC(C)(C)C. The van der Waals surface area contributed by atoms with Crippen LogP contribution in [0, 0.1) is 0 Å². The number of carbonyl (C=O) groups is 2. The minimum atomic E-state index is -0.543. The van der Waals surface area contributed by atoms with Crippen LogP contribution in [0.5, 0.6) is 5.75 Å². The van der Waals surface area contributed by atoms with Crippen molar-refractivity contribution in [2.24, 2.45) is 0 Å². The molecule has 0 saturated heterocycles. The molecule has 2 N–H and O–H groups in total. The van der Waals surface area contributed by atoms with Gasteiger partial charge in [0.25, 0.3) is 0 Å². The molecule has 0 saturated carbocycles. The van der Waals surface area contributed by atoms with E-state index in [4.69, 9.17) is 4.74 Å². The van der Waals surface area contributed by atoms with Gasteiger partial charge in [-0.3, -0.25) is 0 Å². The molecular weight excluding hydrogens is 310 g/mol.